The maximum Gasteiger partial charge on any atom is 0.325 e. The second kappa shape index (κ2) is 9.22. The molecule has 1 unspecified atom stereocenters. The number of benzene rings is 1. The molecule has 0 spiro atoms. The van der Waals surface area contributed by atoms with Gasteiger partial charge in [-0.05, 0) is 38.0 Å². The first-order valence-corrected chi connectivity index (χ1v) is 9.85. The van der Waals surface area contributed by atoms with Crippen LogP contribution in [0.5, 0.6) is 0 Å². The third kappa shape index (κ3) is 5.45. The summed E-state index contributed by atoms with van der Waals surface area (Å²) >= 11 is 6.11. The Morgan fingerprint density at radius 1 is 1.22 bits per heavy atom. The lowest BCUT2D eigenvalue weighted by atomic mass is 9.94. The summed E-state index contributed by atoms with van der Waals surface area (Å²) in [6.07, 6.45) is 5.91. The number of nitrogens with zero attached hydrogens (tertiary/aromatic N) is 1. The lowest BCUT2D eigenvalue weighted by molar-refractivity contribution is -0.133. The Balaban J connectivity index is 1.93. The van der Waals surface area contributed by atoms with Gasteiger partial charge in [-0.2, -0.15) is 0 Å². The zero-order valence-electron chi connectivity index (χ0n) is 16.2. The molecule has 1 atom stereocenters. The maximum atomic E-state index is 12.7. The molecule has 6 nitrogen and oxygen atoms in total. The largest absolute Gasteiger partial charge is 0.325 e. The van der Waals surface area contributed by atoms with E-state index in [1.54, 1.807) is 19.1 Å². The molecule has 0 bridgehead atoms. The van der Waals surface area contributed by atoms with E-state index in [0.29, 0.717) is 17.1 Å². The SMILES string of the molecule is CCCCCCCC1(C)NC(=O)N(CC(=O)Nc2ccc(C)cc2Cl)C1=O. The smallest absolute Gasteiger partial charge is 0.323 e. The van der Waals surface area contributed by atoms with Gasteiger partial charge in [-0.3, -0.25) is 14.5 Å². The predicted octanol–water partition coefficient (Wildman–Crippen LogP) is 4.26. The molecule has 1 heterocycles. The summed E-state index contributed by atoms with van der Waals surface area (Å²) < 4.78 is 0. The highest BCUT2D eigenvalue weighted by Crippen LogP contribution is 2.25. The van der Waals surface area contributed by atoms with Gasteiger partial charge in [0.1, 0.15) is 12.1 Å². The second-order valence-corrected chi connectivity index (χ2v) is 7.76. The molecule has 2 rings (SSSR count). The van der Waals surface area contributed by atoms with E-state index < -0.39 is 17.5 Å². The first kappa shape index (κ1) is 21.2. The van der Waals surface area contributed by atoms with Gasteiger partial charge in [-0.25, -0.2) is 4.79 Å². The van der Waals surface area contributed by atoms with Crippen molar-refractivity contribution in [2.45, 2.75) is 64.8 Å². The molecule has 0 saturated carbocycles. The highest BCUT2D eigenvalue weighted by molar-refractivity contribution is 6.33. The Labute approximate surface area is 165 Å². The topological polar surface area (TPSA) is 78.5 Å². The Kier molecular flexibility index (Phi) is 7.25. The van der Waals surface area contributed by atoms with Crippen LogP contribution in [-0.2, 0) is 9.59 Å². The van der Waals surface area contributed by atoms with E-state index in [1.807, 2.05) is 13.0 Å². The van der Waals surface area contributed by atoms with Gasteiger partial charge in [0, 0.05) is 0 Å². The van der Waals surface area contributed by atoms with E-state index in [9.17, 15) is 14.4 Å². The number of rotatable bonds is 9. The lowest BCUT2D eigenvalue weighted by Gasteiger charge is -2.21. The quantitative estimate of drug-likeness (QED) is 0.486. The number of halogens is 1. The fraction of sp³-hybridized carbons (Fsp3) is 0.550. The van der Waals surface area contributed by atoms with Gasteiger partial charge in [0.05, 0.1) is 10.7 Å². The number of anilines is 1. The second-order valence-electron chi connectivity index (χ2n) is 7.35. The van der Waals surface area contributed by atoms with E-state index >= 15 is 0 Å². The Morgan fingerprint density at radius 2 is 1.93 bits per heavy atom. The first-order valence-electron chi connectivity index (χ1n) is 9.47. The first-order chi connectivity index (χ1) is 12.8. The molecule has 1 aromatic carbocycles. The van der Waals surface area contributed by atoms with Gasteiger partial charge in [0.2, 0.25) is 5.91 Å². The van der Waals surface area contributed by atoms with E-state index in [-0.39, 0.29) is 12.5 Å². The van der Waals surface area contributed by atoms with Crippen LogP contribution in [0.3, 0.4) is 0 Å². The van der Waals surface area contributed by atoms with Crippen LogP contribution in [0.4, 0.5) is 10.5 Å². The molecule has 0 aliphatic carbocycles. The molecule has 1 aliphatic heterocycles. The molecule has 148 valence electrons. The molecule has 4 amide bonds. The van der Waals surface area contributed by atoms with Crippen LogP contribution in [0.25, 0.3) is 0 Å². The Morgan fingerprint density at radius 3 is 2.59 bits per heavy atom. The van der Waals surface area contributed by atoms with Gasteiger partial charge < -0.3 is 10.6 Å². The highest BCUT2D eigenvalue weighted by Gasteiger charge is 2.47. The maximum absolute atomic E-state index is 12.7. The number of carbonyl (C=O) groups excluding carboxylic acids is 3. The highest BCUT2D eigenvalue weighted by atomic mass is 35.5. The number of hydrogen-bond acceptors (Lipinski definition) is 3. The average molecular weight is 394 g/mol. The molecule has 1 aliphatic rings. The number of unbranched alkanes of at least 4 members (excludes halogenated alkanes) is 4. The van der Waals surface area contributed by atoms with Crippen molar-refractivity contribution >= 4 is 35.1 Å². The van der Waals surface area contributed by atoms with Gasteiger partial charge in [0.15, 0.2) is 0 Å². The monoisotopic (exact) mass is 393 g/mol. The van der Waals surface area contributed by atoms with Crippen LogP contribution in [0, 0.1) is 6.92 Å². The third-order valence-corrected chi connectivity index (χ3v) is 5.14. The molecular weight excluding hydrogens is 366 g/mol. The summed E-state index contributed by atoms with van der Waals surface area (Å²) in [5.41, 5.74) is 0.491. The molecule has 27 heavy (non-hydrogen) atoms. The van der Waals surface area contributed by atoms with Crippen molar-refractivity contribution in [3.05, 3.63) is 28.8 Å². The van der Waals surface area contributed by atoms with Crippen LogP contribution in [0.2, 0.25) is 5.02 Å². The van der Waals surface area contributed by atoms with Crippen molar-refractivity contribution < 1.29 is 14.4 Å². The van der Waals surface area contributed by atoms with Gasteiger partial charge in [-0.15, -0.1) is 0 Å². The summed E-state index contributed by atoms with van der Waals surface area (Å²) in [7, 11) is 0. The van der Waals surface area contributed by atoms with Crippen molar-refractivity contribution in [2.75, 3.05) is 11.9 Å². The zero-order chi connectivity index (χ0) is 20.0. The lowest BCUT2D eigenvalue weighted by Crippen LogP contribution is -2.44. The van der Waals surface area contributed by atoms with Crippen molar-refractivity contribution in [1.82, 2.24) is 10.2 Å². The predicted molar refractivity (Wildman–Crippen MR) is 107 cm³/mol. The summed E-state index contributed by atoms with van der Waals surface area (Å²) in [6, 6.07) is 4.73. The van der Waals surface area contributed by atoms with Crippen LogP contribution < -0.4 is 10.6 Å². The number of nitrogens with one attached hydrogen (secondary N) is 2. The van der Waals surface area contributed by atoms with Gasteiger partial charge >= 0.3 is 6.03 Å². The van der Waals surface area contributed by atoms with Crippen LogP contribution >= 0.6 is 11.6 Å². The number of amides is 4. The summed E-state index contributed by atoms with van der Waals surface area (Å²) in [5, 5.41) is 5.81. The molecule has 7 heteroatoms. The molecule has 1 saturated heterocycles. The minimum atomic E-state index is -0.939. The third-order valence-electron chi connectivity index (χ3n) is 4.83. The van der Waals surface area contributed by atoms with Crippen molar-refractivity contribution in [3.8, 4) is 0 Å². The van der Waals surface area contributed by atoms with Crippen LogP contribution in [-0.4, -0.2) is 34.8 Å². The molecule has 1 fully saturated rings. The zero-order valence-corrected chi connectivity index (χ0v) is 17.0. The number of hydrogen-bond donors (Lipinski definition) is 2. The van der Waals surface area contributed by atoms with Crippen LogP contribution in [0.15, 0.2) is 18.2 Å². The summed E-state index contributed by atoms with van der Waals surface area (Å²) in [5.74, 6) is -0.815. The fourth-order valence-corrected chi connectivity index (χ4v) is 3.48. The standard InChI is InChI=1S/C20H28ClN3O3/c1-4-5-6-7-8-11-20(3)18(26)24(19(27)23-20)13-17(25)22-16-10-9-14(2)12-15(16)21/h9-10,12H,4-8,11,13H2,1-3H3,(H,22,25)(H,23,27). The average Bonchev–Trinajstić information content (AvgIpc) is 2.81. The molecule has 1 aromatic rings. The Hall–Kier alpha value is -2.08. The molecule has 0 aromatic heterocycles. The van der Waals surface area contributed by atoms with Crippen molar-refractivity contribution in [1.29, 1.82) is 0 Å². The van der Waals surface area contributed by atoms with Crippen LogP contribution in [0.1, 0.15) is 57.9 Å². The molecule has 2 N–H and O–H groups in total. The molecular formula is C20H28ClN3O3. The number of imide groups is 1. The minimum Gasteiger partial charge on any atom is -0.323 e. The number of urea groups is 1. The summed E-state index contributed by atoms with van der Waals surface area (Å²) in [6.45, 7) is 5.44. The van der Waals surface area contributed by atoms with Crippen molar-refractivity contribution in [2.24, 2.45) is 0 Å². The normalized spacial score (nSPS) is 19.3. The van der Waals surface area contributed by atoms with Gasteiger partial charge in [-0.1, -0.05) is 56.7 Å². The van der Waals surface area contributed by atoms with E-state index in [0.717, 1.165) is 36.1 Å². The molecule has 0 radical (unpaired) electrons. The minimum absolute atomic E-state index is 0.333. The van der Waals surface area contributed by atoms with E-state index in [4.69, 9.17) is 11.6 Å². The van der Waals surface area contributed by atoms with Crippen molar-refractivity contribution in [3.63, 3.8) is 0 Å². The number of aryl methyl sites for hydroxylation is 1. The summed E-state index contributed by atoms with van der Waals surface area (Å²) in [4.78, 5) is 38.2. The Bertz CT molecular complexity index is 722. The van der Waals surface area contributed by atoms with E-state index in [2.05, 4.69) is 17.6 Å². The fourth-order valence-electron chi connectivity index (χ4n) is 3.20. The number of carbonyl (C=O) groups is 3. The van der Waals surface area contributed by atoms with E-state index in [1.165, 1.54) is 6.42 Å². The van der Waals surface area contributed by atoms with Gasteiger partial charge in [0.25, 0.3) is 5.91 Å².